The molecule has 0 radical (unpaired) electrons. The molecule has 1 fully saturated rings. The van der Waals surface area contributed by atoms with E-state index in [4.69, 9.17) is 17.3 Å². The highest BCUT2D eigenvalue weighted by Crippen LogP contribution is 2.32. The Balaban J connectivity index is 2.40. The molecule has 6 heteroatoms. The maximum absolute atomic E-state index is 12.5. The molecule has 1 aromatic rings. The summed E-state index contributed by atoms with van der Waals surface area (Å²) >= 11 is 5.91. The summed E-state index contributed by atoms with van der Waals surface area (Å²) in [5.41, 5.74) is 6.36. The third kappa shape index (κ3) is 3.04. The van der Waals surface area contributed by atoms with Crippen LogP contribution in [0.25, 0.3) is 0 Å². The minimum absolute atomic E-state index is 0.172. The molecule has 106 valence electrons. The lowest BCUT2D eigenvalue weighted by Gasteiger charge is -2.25. The van der Waals surface area contributed by atoms with Crippen LogP contribution in [0.3, 0.4) is 0 Å². The topological polar surface area (TPSA) is 72.2 Å². The second kappa shape index (κ2) is 4.96. The van der Waals surface area contributed by atoms with Gasteiger partial charge in [-0.2, -0.15) is 0 Å². The first-order chi connectivity index (χ1) is 8.73. The van der Waals surface area contributed by atoms with E-state index >= 15 is 0 Å². The van der Waals surface area contributed by atoms with Gasteiger partial charge in [-0.3, -0.25) is 0 Å². The van der Waals surface area contributed by atoms with Gasteiger partial charge in [-0.25, -0.2) is 13.1 Å². The van der Waals surface area contributed by atoms with E-state index < -0.39 is 10.0 Å². The van der Waals surface area contributed by atoms with Gasteiger partial charge in [-0.05, 0) is 44.4 Å². The molecule has 1 aliphatic carbocycles. The average molecular weight is 303 g/mol. The lowest BCUT2D eigenvalue weighted by Crippen LogP contribution is -2.43. The number of nitrogen functional groups attached to an aromatic ring is 1. The highest BCUT2D eigenvalue weighted by Gasteiger charge is 2.34. The molecule has 3 N–H and O–H groups in total. The normalized spacial score (nSPS) is 18.7. The molecule has 1 aromatic carbocycles. The zero-order valence-corrected chi connectivity index (χ0v) is 12.7. The Morgan fingerprint density at radius 3 is 2.47 bits per heavy atom. The fourth-order valence-corrected chi connectivity index (χ4v) is 4.65. The standard InChI is InChI=1S/C13H19ClN2O2S/c1-9-11(15)7-10(14)8-12(9)19(17,18)16-13(2)5-3-4-6-13/h7-8,16H,3-6,15H2,1-2H3. The molecule has 0 spiro atoms. The van der Waals surface area contributed by atoms with Crippen LogP contribution in [0.15, 0.2) is 17.0 Å². The summed E-state index contributed by atoms with van der Waals surface area (Å²) in [6.45, 7) is 3.64. The number of sulfonamides is 1. The molecule has 0 bridgehead atoms. The van der Waals surface area contributed by atoms with Crippen LogP contribution in [0.2, 0.25) is 5.02 Å². The Morgan fingerprint density at radius 2 is 1.89 bits per heavy atom. The van der Waals surface area contributed by atoms with Crippen molar-refractivity contribution >= 4 is 27.3 Å². The highest BCUT2D eigenvalue weighted by atomic mass is 35.5. The van der Waals surface area contributed by atoms with E-state index in [1.54, 1.807) is 13.0 Å². The quantitative estimate of drug-likeness (QED) is 0.843. The Labute approximate surface area is 119 Å². The smallest absolute Gasteiger partial charge is 0.241 e. The summed E-state index contributed by atoms with van der Waals surface area (Å²) in [6.07, 6.45) is 3.83. The number of nitrogens with one attached hydrogen (secondary N) is 1. The van der Waals surface area contributed by atoms with E-state index in [1.165, 1.54) is 6.07 Å². The van der Waals surface area contributed by atoms with E-state index in [0.717, 1.165) is 25.7 Å². The number of benzene rings is 1. The predicted molar refractivity (Wildman–Crippen MR) is 77.8 cm³/mol. The SMILES string of the molecule is Cc1c(N)cc(Cl)cc1S(=O)(=O)NC1(C)CCCC1. The van der Waals surface area contributed by atoms with Gasteiger partial charge in [0.1, 0.15) is 0 Å². The maximum atomic E-state index is 12.5. The van der Waals surface area contributed by atoms with Gasteiger partial charge in [0.2, 0.25) is 10.0 Å². The molecule has 1 saturated carbocycles. The second-order valence-corrected chi connectivity index (χ2v) is 7.58. The summed E-state index contributed by atoms with van der Waals surface area (Å²) in [5.74, 6) is 0. The highest BCUT2D eigenvalue weighted by molar-refractivity contribution is 7.89. The Hall–Kier alpha value is -0.780. The zero-order chi connectivity index (χ0) is 14.3. The largest absolute Gasteiger partial charge is 0.398 e. The molecule has 0 unspecified atom stereocenters. The van der Waals surface area contributed by atoms with Gasteiger partial charge in [-0.15, -0.1) is 0 Å². The van der Waals surface area contributed by atoms with Gasteiger partial charge in [0, 0.05) is 16.2 Å². The van der Waals surface area contributed by atoms with Crippen molar-refractivity contribution in [3.63, 3.8) is 0 Å². The fourth-order valence-electron chi connectivity index (χ4n) is 2.59. The van der Waals surface area contributed by atoms with Gasteiger partial charge in [-0.1, -0.05) is 24.4 Å². The number of hydrogen-bond donors (Lipinski definition) is 2. The van der Waals surface area contributed by atoms with Crippen LogP contribution in [0.1, 0.15) is 38.2 Å². The molecule has 19 heavy (non-hydrogen) atoms. The average Bonchev–Trinajstić information content (AvgIpc) is 2.68. The van der Waals surface area contributed by atoms with Gasteiger partial charge >= 0.3 is 0 Å². The lowest BCUT2D eigenvalue weighted by atomic mass is 10.0. The maximum Gasteiger partial charge on any atom is 0.241 e. The summed E-state index contributed by atoms with van der Waals surface area (Å²) in [7, 11) is -3.59. The first-order valence-corrected chi connectivity index (χ1v) is 8.19. The Morgan fingerprint density at radius 1 is 1.32 bits per heavy atom. The molecule has 0 aromatic heterocycles. The van der Waals surface area contributed by atoms with Crippen molar-refractivity contribution in [3.8, 4) is 0 Å². The van der Waals surface area contributed by atoms with Crippen LogP contribution in [0.4, 0.5) is 5.69 Å². The van der Waals surface area contributed by atoms with Gasteiger partial charge in [0.05, 0.1) is 4.90 Å². The Bertz CT molecular complexity index is 593. The molecule has 0 saturated heterocycles. The number of rotatable bonds is 3. The van der Waals surface area contributed by atoms with Crippen molar-refractivity contribution in [2.45, 2.75) is 50.0 Å². The van der Waals surface area contributed by atoms with Crippen molar-refractivity contribution in [2.24, 2.45) is 0 Å². The number of hydrogen-bond acceptors (Lipinski definition) is 3. The van der Waals surface area contributed by atoms with E-state index in [9.17, 15) is 8.42 Å². The molecule has 4 nitrogen and oxygen atoms in total. The van der Waals surface area contributed by atoms with Gasteiger partial charge < -0.3 is 5.73 Å². The van der Waals surface area contributed by atoms with Crippen molar-refractivity contribution in [1.82, 2.24) is 4.72 Å². The number of halogens is 1. The third-order valence-electron chi connectivity index (χ3n) is 3.74. The first-order valence-electron chi connectivity index (χ1n) is 6.33. The molecule has 0 amide bonds. The van der Waals surface area contributed by atoms with Crippen LogP contribution in [0.5, 0.6) is 0 Å². The Kier molecular flexibility index (Phi) is 3.82. The minimum atomic E-state index is -3.59. The molecule has 0 atom stereocenters. The fraction of sp³-hybridized carbons (Fsp3) is 0.538. The van der Waals surface area contributed by atoms with Crippen LogP contribution in [-0.2, 0) is 10.0 Å². The molecule has 2 rings (SSSR count). The van der Waals surface area contributed by atoms with Crippen molar-refractivity contribution < 1.29 is 8.42 Å². The van der Waals surface area contributed by atoms with E-state index in [1.807, 2.05) is 6.92 Å². The summed E-state index contributed by atoms with van der Waals surface area (Å²) < 4.78 is 27.8. The third-order valence-corrected chi connectivity index (χ3v) is 5.73. The van der Waals surface area contributed by atoms with Crippen LogP contribution < -0.4 is 10.5 Å². The van der Waals surface area contributed by atoms with E-state index in [-0.39, 0.29) is 10.4 Å². The molecule has 0 heterocycles. The van der Waals surface area contributed by atoms with Gasteiger partial charge in [0.25, 0.3) is 0 Å². The molecular weight excluding hydrogens is 284 g/mol. The van der Waals surface area contributed by atoms with E-state index in [0.29, 0.717) is 16.3 Å². The summed E-state index contributed by atoms with van der Waals surface area (Å²) in [6, 6.07) is 3.01. The predicted octanol–water partition coefficient (Wildman–Crippen LogP) is 2.84. The number of nitrogens with two attached hydrogens (primary N) is 1. The monoisotopic (exact) mass is 302 g/mol. The zero-order valence-electron chi connectivity index (χ0n) is 11.2. The van der Waals surface area contributed by atoms with Crippen LogP contribution in [-0.4, -0.2) is 14.0 Å². The molecule has 0 aliphatic heterocycles. The summed E-state index contributed by atoms with van der Waals surface area (Å²) in [5, 5.41) is 0.333. The van der Waals surface area contributed by atoms with E-state index in [2.05, 4.69) is 4.72 Å². The number of anilines is 1. The van der Waals surface area contributed by atoms with Crippen LogP contribution >= 0.6 is 11.6 Å². The van der Waals surface area contributed by atoms with Crippen molar-refractivity contribution in [2.75, 3.05) is 5.73 Å². The minimum Gasteiger partial charge on any atom is -0.398 e. The van der Waals surface area contributed by atoms with Crippen LogP contribution in [0, 0.1) is 6.92 Å². The van der Waals surface area contributed by atoms with Crippen molar-refractivity contribution in [3.05, 3.63) is 22.7 Å². The molecular formula is C13H19ClN2O2S. The van der Waals surface area contributed by atoms with Crippen molar-refractivity contribution in [1.29, 1.82) is 0 Å². The van der Waals surface area contributed by atoms with Gasteiger partial charge in [0.15, 0.2) is 0 Å². The summed E-state index contributed by atoms with van der Waals surface area (Å²) in [4.78, 5) is 0.172. The first kappa shape index (κ1) is 14.6. The lowest BCUT2D eigenvalue weighted by molar-refractivity contribution is 0.427. The molecule has 1 aliphatic rings. The second-order valence-electron chi connectivity index (χ2n) is 5.49.